The molecule has 2 nitrogen and oxygen atoms in total. The highest BCUT2D eigenvalue weighted by Gasteiger charge is 2.28. The van der Waals surface area contributed by atoms with Crippen LogP contribution in [0.15, 0.2) is 82.0 Å². The van der Waals surface area contributed by atoms with E-state index in [2.05, 4.69) is 86.6 Å². The molecule has 3 atom stereocenters. The minimum Gasteiger partial charge on any atom is -0.289 e. The fourth-order valence-corrected chi connectivity index (χ4v) is 7.77. The highest BCUT2D eigenvalue weighted by molar-refractivity contribution is 6.26. The van der Waals surface area contributed by atoms with Crippen LogP contribution in [0, 0.1) is 23.7 Å². The molecule has 2 rings (SSSR count). The molecule has 0 heterocycles. The Balaban J connectivity index is 1.54. The summed E-state index contributed by atoms with van der Waals surface area (Å²) >= 11 is 0. The highest BCUT2D eigenvalue weighted by Crippen LogP contribution is 2.29. The second-order valence-electron chi connectivity index (χ2n) is 17.7. The van der Waals surface area contributed by atoms with Gasteiger partial charge in [-0.3, -0.25) is 9.59 Å². The van der Waals surface area contributed by atoms with E-state index in [-0.39, 0.29) is 11.6 Å². The van der Waals surface area contributed by atoms with Crippen LogP contribution in [0.3, 0.4) is 0 Å². The predicted octanol–water partition coefficient (Wildman–Crippen LogP) is 16.1. The quantitative estimate of drug-likeness (QED) is 0.0847. The average molecular weight is 725 g/mol. The SMILES string of the molecule is CC(=CCCC(C)=CCC[C@H](C)CCC[C@H](C)CCCC(C)=CCC1=C(C)C(=O)c2ccccc2C1=O)CCC=C(C)CCC[C@@H](C)CCCC(C)C. The first kappa shape index (κ1) is 46.4. The van der Waals surface area contributed by atoms with Gasteiger partial charge < -0.3 is 0 Å². The molecule has 53 heavy (non-hydrogen) atoms. The summed E-state index contributed by atoms with van der Waals surface area (Å²) in [6.07, 6.45) is 33.0. The molecule has 1 aromatic rings. The lowest BCUT2D eigenvalue weighted by molar-refractivity contribution is 0.0973. The van der Waals surface area contributed by atoms with Crippen LogP contribution in [0.4, 0.5) is 0 Å². The van der Waals surface area contributed by atoms with Gasteiger partial charge in [-0.05, 0) is 129 Å². The van der Waals surface area contributed by atoms with E-state index in [0.29, 0.717) is 28.7 Å². The van der Waals surface area contributed by atoms with E-state index in [1.807, 2.05) is 12.1 Å². The molecule has 1 aliphatic rings. The molecule has 0 fully saturated rings. The van der Waals surface area contributed by atoms with E-state index in [1.165, 1.54) is 115 Å². The molecule has 1 aliphatic carbocycles. The van der Waals surface area contributed by atoms with Crippen LogP contribution in [0.2, 0.25) is 0 Å². The van der Waals surface area contributed by atoms with Gasteiger partial charge in [0.2, 0.25) is 0 Å². The zero-order valence-electron chi connectivity index (χ0n) is 36.2. The van der Waals surface area contributed by atoms with Crippen molar-refractivity contribution in [2.45, 2.75) is 191 Å². The van der Waals surface area contributed by atoms with Crippen LogP contribution >= 0.6 is 0 Å². The molecular formula is C51H80O2. The predicted molar refractivity (Wildman–Crippen MR) is 233 cm³/mol. The molecular weight excluding hydrogens is 645 g/mol. The number of ketones is 2. The third kappa shape index (κ3) is 19.4. The first-order valence-electron chi connectivity index (χ1n) is 21.8. The van der Waals surface area contributed by atoms with Crippen molar-refractivity contribution >= 4 is 11.6 Å². The maximum atomic E-state index is 13.0. The van der Waals surface area contributed by atoms with Crippen LogP contribution in [-0.2, 0) is 0 Å². The molecule has 2 heteroatoms. The van der Waals surface area contributed by atoms with Crippen molar-refractivity contribution in [2.75, 3.05) is 0 Å². The van der Waals surface area contributed by atoms with Gasteiger partial charge in [-0.2, -0.15) is 0 Å². The largest absolute Gasteiger partial charge is 0.289 e. The molecule has 0 saturated heterocycles. The first-order valence-corrected chi connectivity index (χ1v) is 21.8. The molecule has 0 amide bonds. The smallest absolute Gasteiger partial charge is 0.190 e. The van der Waals surface area contributed by atoms with Gasteiger partial charge in [0.05, 0.1) is 0 Å². The van der Waals surface area contributed by atoms with E-state index < -0.39 is 0 Å². The van der Waals surface area contributed by atoms with Crippen LogP contribution in [0.1, 0.15) is 212 Å². The Morgan fingerprint density at radius 2 is 0.925 bits per heavy atom. The summed E-state index contributed by atoms with van der Waals surface area (Å²) in [7, 11) is 0. The number of carbonyl (C=O) groups excluding carboxylic acids is 2. The molecule has 1 aromatic carbocycles. The normalized spacial score (nSPS) is 16.4. The van der Waals surface area contributed by atoms with Gasteiger partial charge in [-0.1, -0.05) is 157 Å². The van der Waals surface area contributed by atoms with Crippen LogP contribution in [0.25, 0.3) is 0 Å². The zero-order chi connectivity index (χ0) is 39.2. The third-order valence-electron chi connectivity index (χ3n) is 11.8. The number of hydrogen-bond donors (Lipinski definition) is 0. The Hall–Kier alpha value is -2.74. The standard InChI is InChI=1S/C51H80O2/c1-38(2)20-13-21-39(3)22-14-23-40(4)24-15-25-41(5)26-16-27-42(6)28-17-29-43(7)30-18-31-44(8)32-19-33-45(9)36-37-47-46(10)50(52)48-34-11-12-35-49(48)51(47)53/h11-12,24,26,28,34-36,38-39,43-44H,13-23,25,27,29-33,37H2,1-10H3/t39-,43-,44-/m0/s1. The number of hydrogen-bond acceptors (Lipinski definition) is 2. The van der Waals surface area contributed by atoms with Crippen molar-refractivity contribution in [2.24, 2.45) is 23.7 Å². The van der Waals surface area contributed by atoms with Gasteiger partial charge in [0.15, 0.2) is 11.6 Å². The van der Waals surface area contributed by atoms with E-state index in [9.17, 15) is 9.59 Å². The van der Waals surface area contributed by atoms with Crippen LogP contribution < -0.4 is 0 Å². The Morgan fingerprint density at radius 1 is 0.509 bits per heavy atom. The molecule has 0 spiro atoms. The topological polar surface area (TPSA) is 34.1 Å². The fraction of sp³-hybridized carbons (Fsp3) is 0.647. The van der Waals surface area contributed by atoms with E-state index >= 15 is 0 Å². The zero-order valence-corrected chi connectivity index (χ0v) is 36.2. The first-order chi connectivity index (χ1) is 25.3. The third-order valence-corrected chi connectivity index (χ3v) is 11.8. The Labute approximate surface area is 328 Å². The lowest BCUT2D eigenvalue weighted by Crippen LogP contribution is -2.20. The molecule has 0 aromatic heterocycles. The van der Waals surface area contributed by atoms with Crippen molar-refractivity contribution in [3.63, 3.8) is 0 Å². The van der Waals surface area contributed by atoms with Crippen molar-refractivity contribution in [1.82, 2.24) is 0 Å². The van der Waals surface area contributed by atoms with Gasteiger partial charge >= 0.3 is 0 Å². The van der Waals surface area contributed by atoms with Gasteiger partial charge in [0.1, 0.15) is 0 Å². The fourth-order valence-electron chi connectivity index (χ4n) is 7.77. The minimum atomic E-state index is -0.00709. The molecule has 0 aliphatic heterocycles. The number of fused-ring (bicyclic) bond motifs is 1. The summed E-state index contributed by atoms with van der Waals surface area (Å²) in [5, 5.41) is 0. The van der Waals surface area contributed by atoms with Crippen molar-refractivity contribution in [1.29, 1.82) is 0 Å². The maximum absolute atomic E-state index is 13.0. The molecule has 0 radical (unpaired) electrons. The van der Waals surface area contributed by atoms with Gasteiger partial charge in [0, 0.05) is 22.3 Å². The molecule has 296 valence electrons. The Kier molecular flexibility index (Phi) is 22.9. The molecule has 0 saturated carbocycles. The monoisotopic (exact) mass is 725 g/mol. The summed E-state index contributed by atoms with van der Waals surface area (Å²) in [6, 6.07) is 7.21. The van der Waals surface area contributed by atoms with Gasteiger partial charge in [-0.15, -0.1) is 0 Å². The average Bonchev–Trinajstić information content (AvgIpc) is 3.10. The maximum Gasteiger partial charge on any atom is 0.190 e. The van der Waals surface area contributed by atoms with Crippen molar-refractivity contribution < 1.29 is 9.59 Å². The summed E-state index contributed by atoms with van der Waals surface area (Å²) in [4.78, 5) is 25.8. The lowest BCUT2D eigenvalue weighted by Gasteiger charge is -2.18. The number of Topliss-reactive ketones (excluding diaryl/α,β-unsaturated/α-hetero) is 2. The molecule has 0 N–H and O–H groups in total. The van der Waals surface area contributed by atoms with Crippen LogP contribution in [-0.4, -0.2) is 11.6 Å². The Morgan fingerprint density at radius 3 is 1.45 bits per heavy atom. The summed E-state index contributed by atoms with van der Waals surface area (Å²) in [5.41, 5.74) is 8.34. The minimum absolute atomic E-state index is 0.00709. The second-order valence-corrected chi connectivity index (χ2v) is 17.7. The summed E-state index contributed by atoms with van der Waals surface area (Å²) in [6.45, 7) is 22.9. The van der Waals surface area contributed by atoms with Crippen LogP contribution in [0.5, 0.6) is 0 Å². The number of carbonyl (C=O) groups is 2. The molecule has 0 bridgehead atoms. The second kappa shape index (κ2) is 26.1. The summed E-state index contributed by atoms with van der Waals surface area (Å²) in [5.74, 6) is 3.25. The van der Waals surface area contributed by atoms with Crippen molar-refractivity contribution in [3.8, 4) is 0 Å². The summed E-state index contributed by atoms with van der Waals surface area (Å²) < 4.78 is 0. The molecule has 0 unspecified atom stereocenters. The van der Waals surface area contributed by atoms with E-state index in [0.717, 1.165) is 30.1 Å². The van der Waals surface area contributed by atoms with Gasteiger partial charge in [0.25, 0.3) is 0 Å². The highest BCUT2D eigenvalue weighted by atomic mass is 16.1. The van der Waals surface area contributed by atoms with E-state index in [1.54, 1.807) is 35.8 Å². The Bertz CT molecular complexity index is 1410. The van der Waals surface area contributed by atoms with E-state index in [4.69, 9.17) is 0 Å². The van der Waals surface area contributed by atoms with Crippen molar-refractivity contribution in [3.05, 3.63) is 93.1 Å². The number of rotatable bonds is 27. The van der Waals surface area contributed by atoms with Gasteiger partial charge in [-0.25, -0.2) is 0 Å². The number of benzene rings is 1. The lowest BCUT2D eigenvalue weighted by atomic mass is 9.83. The number of allylic oxidation sites excluding steroid dienone is 10.